The molecule has 1 saturated carbocycles. The first-order valence-corrected chi connectivity index (χ1v) is 6.93. The molecule has 18 heavy (non-hydrogen) atoms. The van der Waals surface area contributed by atoms with Gasteiger partial charge in [0, 0.05) is 13.1 Å². The molecule has 3 rings (SSSR count). The fraction of sp³-hybridized carbons (Fsp3) is 0.846. The molecule has 0 aromatic rings. The molecule has 5 unspecified atom stereocenters. The van der Waals surface area contributed by atoms with Crippen molar-refractivity contribution in [1.29, 1.82) is 5.26 Å². The van der Waals surface area contributed by atoms with Crippen LogP contribution < -0.4 is 5.73 Å². The molecule has 0 radical (unpaired) electrons. The van der Waals surface area contributed by atoms with E-state index >= 15 is 0 Å². The largest absolute Gasteiger partial charge is 0.368 e. The predicted octanol–water partition coefficient (Wildman–Crippen LogP) is 0.270. The fourth-order valence-electron chi connectivity index (χ4n) is 3.42. The summed E-state index contributed by atoms with van der Waals surface area (Å²) in [7, 11) is 0. The second-order valence-corrected chi connectivity index (χ2v) is 5.77. The van der Waals surface area contributed by atoms with Gasteiger partial charge in [-0.2, -0.15) is 5.26 Å². The summed E-state index contributed by atoms with van der Waals surface area (Å²) in [6.07, 6.45) is 6.61. The zero-order valence-electron chi connectivity index (χ0n) is 10.6. The van der Waals surface area contributed by atoms with Crippen LogP contribution >= 0.6 is 0 Å². The lowest BCUT2D eigenvalue weighted by molar-refractivity contribution is -0.118. The molecule has 5 atom stereocenters. The van der Waals surface area contributed by atoms with Crippen LogP contribution in [-0.2, 0) is 4.79 Å². The van der Waals surface area contributed by atoms with Crippen molar-refractivity contribution in [2.75, 3.05) is 13.1 Å². The van der Waals surface area contributed by atoms with E-state index in [0.29, 0.717) is 5.92 Å². The molecule has 5 heteroatoms. The summed E-state index contributed by atoms with van der Waals surface area (Å²) >= 11 is 0. The molecule has 2 saturated heterocycles. The van der Waals surface area contributed by atoms with E-state index in [1.54, 1.807) is 0 Å². The normalized spacial score (nSPS) is 40.8. The number of carbonyl (C=O) groups excluding carboxylic acids is 1. The van der Waals surface area contributed by atoms with Gasteiger partial charge in [-0.1, -0.05) is 19.3 Å². The summed E-state index contributed by atoms with van der Waals surface area (Å²) < 4.78 is 0. The molecule has 1 amide bonds. The maximum Gasteiger partial charge on any atom is 0.236 e. The molecule has 3 aliphatic rings. The Kier molecular flexibility index (Phi) is 3.00. The minimum atomic E-state index is -0.217. The van der Waals surface area contributed by atoms with Crippen molar-refractivity contribution < 1.29 is 4.79 Å². The highest BCUT2D eigenvalue weighted by Crippen LogP contribution is 2.40. The lowest BCUT2D eigenvalue weighted by Crippen LogP contribution is -2.40. The first-order chi connectivity index (χ1) is 8.72. The molecule has 0 aromatic carbocycles. The highest BCUT2D eigenvalue weighted by molar-refractivity contribution is 5.83. The Morgan fingerprint density at radius 3 is 2.44 bits per heavy atom. The van der Waals surface area contributed by atoms with Crippen molar-refractivity contribution in [3.63, 3.8) is 0 Å². The predicted molar refractivity (Wildman–Crippen MR) is 66.2 cm³/mol. The highest BCUT2D eigenvalue weighted by Gasteiger charge is 2.54. The van der Waals surface area contributed by atoms with E-state index in [0.717, 1.165) is 13.1 Å². The molecular formula is C13H20N4O. The van der Waals surface area contributed by atoms with Crippen LogP contribution in [0.5, 0.6) is 0 Å². The van der Waals surface area contributed by atoms with E-state index in [4.69, 9.17) is 11.0 Å². The van der Waals surface area contributed by atoms with E-state index in [1.807, 2.05) is 0 Å². The van der Waals surface area contributed by atoms with Crippen molar-refractivity contribution in [3.05, 3.63) is 0 Å². The average molecular weight is 248 g/mol. The van der Waals surface area contributed by atoms with Crippen LogP contribution in [0.4, 0.5) is 0 Å². The summed E-state index contributed by atoms with van der Waals surface area (Å²) in [5.41, 5.74) is 5.38. The van der Waals surface area contributed by atoms with Crippen LogP contribution in [0, 0.1) is 17.2 Å². The van der Waals surface area contributed by atoms with Gasteiger partial charge >= 0.3 is 0 Å². The third kappa shape index (κ3) is 2.11. The molecule has 0 bridgehead atoms. The maximum atomic E-state index is 11.3. The standard InChI is InChI=1S/C13H20N4O/c14-6-10-7-16(10)13(9-4-2-1-3-5-9)17-8-11(17)12(15)18/h9-11,13H,1-5,7-8H2,(H2,15,18). The second-order valence-electron chi connectivity index (χ2n) is 5.77. The SMILES string of the molecule is N#CC1CN1C(C1CCCCC1)N1CC1C(N)=O. The van der Waals surface area contributed by atoms with E-state index < -0.39 is 0 Å². The van der Waals surface area contributed by atoms with E-state index in [9.17, 15) is 4.79 Å². The second kappa shape index (κ2) is 4.52. The fourth-order valence-corrected chi connectivity index (χ4v) is 3.42. The number of carbonyl (C=O) groups is 1. The van der Waals surface area contributed by atoms with Crippen LogP contribution in [-0.4, -0.2) is 47.0 Å². The summed E-state index contributed by atoms with van der Waals surface area (Å²) in [5, 5.41) is 9.00. The quantitative estimate of drug-likeness (QED) is 0.725. The van der Waals surface area contributed by atoms with Crippen molar-refractivity contribution in [2.45, 2.75) is 50.4 Å². The summed E-state index contributed by atoms with van der Waals surface area (Å²) in [6, 6.07) is 2.29. The van der Waals surface area contributed by atoms with Crippen LogP contribution in [0.1, 0.15) is 32.1 Å². The molecular weight excluding hydrogens is 228 g/mol. The van der Waals surface area contributed by atoms with Gasteiger partial charge in [0.25, 0.3) is 0 Å². The lowest BCUT2D eigenvalue weighted by atomic mass is 9.86. The summed E-state index contributed by atoms with van der Waals surface area (Å²) in [4.78, 5) is 15.7. The van der Waals surface area contributed by atoms with Gasteiger partial charge in [-0.05, 0) is 18.8 Å². The van der Waals surface area contributed by atoms with Crippen molar-refractivity contribution in [2.24, 2.45) is 11.7 Å². The molecule has 98 valence electrons. The Balaban J connectivity index is 1.69. The first kappa shape index (κ1) is 11.9. The van der Waals surface area contributed by atoms with Crippen molar-refractivity contribution >= 4 is 5.91 Å². The number of hydrogen-bond acceptors (Lipinski definition) is 4. The molecule has 2 aliphatic heterocycles. The van der Waals surface area contributed by atoms with Gasteiger partial charge < -0.3 is 5.73 Å². The van der Waals surface area contributed by atoms with Crippen LogP contribution in [0.25, 0.3) is 0 Å². The summed E-state index contributed by atoms with van der Waals surface area (Å²) in [5.74, 6) is 0.396. The third-order valence-corrected chi connectivity index (χ3v) is 4.53. The van der Waals surface area contributed by atoms with Crippen LogP contribution in [0.3, 0.4) is 0 Å². The van der Waals surface area contributed by atoms with E-state index in [1.165, 1.54) is 32.1 Å². The van der Waals surface area contributed by atoms with Crippen molar-refractivity contribution in [1.82, 2.24) is 9.80 Å². The molecule has 2 N–H and O–H groups in total. The number of hydrogen-bond donors (Lipinski definition) is 1. The Hall–Kier alpha value is -1.12. The highest BCUT2D eigenvalue weighted by atomic mass is 16.1. The summed E-state index contributed by atoms with van der Waals surface area (Å²) in [6.45, 7) is 1.64. The minimum absolute atomic E-state index is 0.0612. The Bertz CT molecular complexity index is 385. The monoisotopic (exact) mass is 248 g/mol. The molecule has 1 aliphatic carbocycles. The first-order valence-electron chi connectivity index (χ1n) is 6.93. The van der Waals surface area contributed by atoms with E-state index in [-0.39, 0.29) is 24.2 Å². The van der Waals surface area contributed by atoms with Crippen LogP contribution in [0.2, 0.25) is 0 Å². The van der Waals surface area contributed by atoms with Gasteiger partial charge in [-0.15, -0.1) is 0 Å². The lowest BCUT2D eigenvalue weighted by Gasteiger charge is -2.32. The van der Waals surface area contributed by atoms with E-state index in [2.05, 4.69) is 15.9 Å². The number of rotatable bonds is 4. The topological polar surface area (TPSA) is 72.9 Å². The zero-order valence-corrected chi connectivity index (χ0v) is 10.6. The van der Waals surface area contributed by atoms with Gasteiger partial charge in [-0.25, -0.2) is 0 Å². The minimum Gasteiger partial charge on any atom is -0.368 e. The van der Waals surface area contributed by atoms with Gasteiger partial charge in [0.05, 0.1) is 12.2 Å². The number of nitrogens with two attached hydrogens (primary N) is 1. The Labute approximate surface area is 108 Å². The van der Waals surface area contributed by atoms with Gasteiger partial charge in [0.2, 0.25) is 5.91 Å². The molecule has 0 spiro atoms. The molecule has 5 nitrogen and oxygen atoms in total. The molecule has 0 aromatic heterocycles. The van der Waals surface area contributed by atoms with Crippen LogP contribution in [0.15, 0.2) is 0 Å². The Morgan fingerprint density at radius 2 is 1.94 bits per heavy atom. The Morgan fingerprint density at radius 1 is 1.22 bits per heavy atom. The number of nitrogens with zero attached hydrogens (tertiary/aromatic N) is 3. The van der Waals surface area contributed by atoms with Gasteiger partial charge in [0.1, 0.15) is 12.1 Å². The average Bonchev–Trinajstić information content (AvgIpc) is 3.25. The number of primary amides is 1. The zero-order chi connectivity index (χ0) is 12.7. The smallest absolute Gasteiger partial charge is 0.236 e. The van der Waals surface area contributed by atoms with Crippen molar-refractivity contribution in [3.8, 4) is 6.07 Å². The number of amides is 1. The third-order valence-electron chi connectivity index (χ3n) is 4.53. The molecule has 3 fully saturated rings. The molecule has 2 heterocycles. The number of nitriles is 1. The maximum absolute atomic E-state index is 11.3. The van der Waals surface area contributed by atoms with Gasteiger partial charge in [0.15, 0.2) is 0 Å². The van der Waals surface area contributed by atoms with Gasteiger partial charge in [-0.3, -0.25) is 14.6 Å².